The predicted octanol–water partition coefficient (Wildman–Crippen LogP) is -0.571. The van der Waals surface area contributed by atoms with Crippen LogP contribution in [0.25, 0.3) is 0 Å². The lowest BCUT2D eigenvalue weighted by Gasteiger charge is -2.24. The molecule has 1 unspecified atom stereocenters. The Balaban J connectivity index is 3.30. The summed E-state index contributed by atoms with van der Waals surface area (Å²) in [6.07, 6.45) is 0. The van der Waals surface area contributed by atoms with E-state index in [1.807, 2.05) is 0 Å². The number of esters is 1. The average Bonchev–Trinajstić information content (AvgIpc) is 2.69. The molecule has 9 nitrogen and oxygen atoms in total. The van der Waals surface area contributed by atoms with Gasteiger partial charge in [0.1, 0.15) is 12.2 Å². The number of carboxylic acids is 2. The zero-order valence-corrected chi connectivity index (χ0v) is 13.2. The number of ether oxygens (including phenoxy) is 1. The highest BCUT2D eigenvalue weighted by atomic mass is 16.5. The van der Waals surface area contributed by atoms with Gasteiger partial charge in [-0.3, -0.25) is 9.59 Å². The normalized spacial score (nSPS) is 17.7. The van der Waals surface area contributed by atoms with E-state index in [1.54, 1.807) is 20.8 Å². The van der Waals surface area contributed by atoms with Crippen LogP contribution in [0.15, 0.2) is 11.3 Å². The molecular weight excluding hydrogens is 308 g/mol. The fourth-order valence-electron chi connectivity index (χ4n) is 2.26. The van der Waals surface area contributed by atoms with Crippen LogP contribution in [0.4, 0.5) is 0 Å². The van der Waals surface area contributed by atoms with Crippen molar-refractivity contribution < 1.29 is 34.1 Å². The maximum atomic E-state index is 12.4. The second-order valence-electron chi connectivity index (χ2n) is 5.35. The number of hydrogen-bond donors (Lipinski definition) is 3. The van der Waals surface area contributed by atoms with Gasteiger partial charge in [-0.2, -0.15) is 0 Å². The SMILES string of the molecule is CCOC(=O)C1=C(NCC(=O)O)C(=O)N(CC(C)C)C1C(=O)O. The summed E-state index contributed by atoms with van der Waals surface area (Å²) in [5, 5.41) is 20.5. The molecule has 1 aliphatic rings. The minimum atomic E-state index is -1.50. The van der Waals surface area contributed by atoms with Crippen LogP contribution in [0.2, 0.25) is 0 Å². The fourth-order valence-corrected chi connectivity index (χ4v) is 2.26. The van der Waals surface area contributed by atoms with Gasteiger partial charge in [0.25, 0.3) is 5.91 Å². The summed E-state index contributed by atoms with van der Waals surface area (Å²) in [6.45, 7) is 4.61. The zero-order valence-electron chi connectivity index (χ0n) is 13.2. The molecule has 1 amide bonds. The smallest absolute Gasteiger partial charge is 0.339 e. The van der Waals surface area contributed by atoms with Crippen LogP contribution in [0, 0.1) is 5.92 Å². The number of aliphatic carboxylic acids is 2. The Morgan fingerprint density at radius 1 is 1.30 bits per heavy atom. The number of amides is 1. The molecule has 0 saturated heterocycles. The minimum absolute atomic E-state index is 0.000740. The molecule has 0 radical (unpaired) electrons. The molecule has 1 aliphatic heterocycles. The topological polar surface area (TPSA) is 133 Å². The van der Waals surface area contributed by atoms with E-state index in [0.717, 1.165) is 4.90 Å². The molecule has 0 aromatic carbocycles. The summed E-state index contributed by atoms with van der Waals surface area (Å²) in [5.41, 5.74) is -0.704. The van der Waals surface area contributed by atoms with Crippen LogP contribution in [0.3, 0.4) is 0 Å². The first-order valence-electron chi connectivity index (χ1n) is 7.11. The van der Waals surface area contributed by atoms with Crippen molar-refractivity contribution in [1.29, 1.82) is 0 Å². The summed E-state index contributed by atoms with van der Waals surface area (Å²) in [5.74, 6) is -4.34. The molecule has 0 aliphatic carbocycles. The molecule has 1 atom stereocenters. The van der Waals surface area contributed by atoms with Crippen molar-refractivity contribution >= 4 is 23.8 Å². The highest BCUT2D eigenvalue weighted by molar-refractivity contribution is 6.12. The Morgan fingerprint density at radius 3 is 2.35 bits per heavy atom. The third kappa shape index (κ3) is 4.21. The largest absolute Gasteiger partial charge is 0.480 e. The van der Waals surface area contributed by atoms with Crippen LogP contribution < -0.4 is 5.32 Å². The lowest BCUT2D eigenvalue weighted by molar-refractivity contribution is -0.148. The van der Waals surface area contributed by atoms with Gasteiger partial charge in [-0.1, -0.05) is 13.8 Å². The van der Waals surface area contributed by atoms with Gasteiger partial charge in [-0.25, -0.2) is 9.59 Å². The molecule has 23 heavy (non-hydrogen) atoms. The summed E-state index contributed by atoms with van der Waals surface area (Å²) in [4.78, 5) is 47.8. The van der Waals surface area contributed by atoms with Crippen molar-refractivity contribution in [2.24, 2.45) is 5.92 Å². The Kier molecular flexibility index (Phi) is 6.11. The quantitative estimate of drug-likeness (QED) is 0.504. The highest BCUT2D eigenvalue weighted by Gasteiger charge is 2.47. The number of carbonyl (C=O) groups is 4. The monoisotopic (exact) mass is 328 g/mol. The minimum Gasteiger partial charge on any atom is -0.480 e. The summed E-state index contributed by atoms with van der Waals surface area (Å²) >= 11 is 0. The number of nitrogens with one attached hydrogen (secondary N) is 1. The van der Waals surface area contributed by atoms with Gasteiger partial charge < -0.3 is 25.2 Å². The summed E-state index contributed by atoms with van der Waals surface area (Å²) < 4.78 is 4.82. The number of carboxylic acid groups (broad SMARTS) is 2. The van der Waals surface area contributed by atoms with Gasteiger partial charge >= 0.3 is 17.9 Å². The van der Waals surface area contributed by atoms with Gasteiger partial charge in [-0.15, -0.1) is 0 Å². The van der Waals surface area contributed by atoms with Crippen molar-refractivity contribution in [2.45, 2.75) is 26.8 Å². The number of nitrogens with zero attached hydrogens (tertiary/aromatic N) is 1. The standard InChI is InChI=1S/C14H20N2O7/c1-4-23-14(22)9-10(15-5-8(17)18)12(19)16(6-7(2)3)11(9)13(20)21/h7,11,15H,4-6H2,1-3H3,(H,17,18)(H,20,21). The molecule has 0 saturated carbocycles. The Morgan fingerprint density at radius 2 is 1.91 bits per heavy atom. The maximum absolute atomic E-state index is 12.4. The Bertz CT molecular complexity index is 553. The second kappa shape index (κ2) is 7.61. The predicted molar refractivity (Wildman–Crippen MR) is 77.3 cm³/mol. The van der Waals surface area contributed by atoms with E-state index in [-0.39, 0.29) is 30.3 Å². The van der Waals surface area contributed by atoms with Gasteiger partial charge in [0.15, 0.2) is 6.04 Å². The molecule has 3 N–H and O–H groups in total. The third-order valence-corrected chi connectivity index (χ3v) is 3.04. The Labute approximate surface area is 132 Å². The lowest BCUT2D eigenvalue weighted by Crippen LogP contribution is -2.44. The van der Waals surface area contributed by atoms with Crippen LogP contribution in [-0.4, -0.2) is 64.7 Å². The molecule has 0 spiro atoms. The lowest BCUT2D eigenvalue weighted by atomic mass is 10.1. The molecule has 0 bridgehead atoms. The van der Waals surface area contributed by atoms with Crippen LogP contribution in [-0.2, 0) is 23.9 Å². The summed E-state index contributed by atoms with van der Waals surface area (Å²) in [7, 11) is 0. The zero-order chi connectivity index (χ0) is 17.7. The first-order chi connectivity index (χ1) is 10.7. The van der Waals surface area contributed by atoms with E-state index in [9.17, 15) is 24.3 Å². The van der Waals surface area contributed by atoms with E-state index in [4.69, 9.17) is 9.84 Å². The van der Waals surface area contributed by atoms with Gasteiger partial charge in [0.2, 0.25) is 0 Å². The van der Waals surface area contributed by atoms with Crippen molar-refractivity contribution in [3.8, 4) is 0 Å². The van der Waals surface area contributed by atoms with Crippen molar-refractivity contribution in [3.05, 3.63) is 11.3 Å². The number of hydrogen-bond acceptors (Lipinski definition) is 6. The van der Waals surface area contributed by atoms with Crippen LogP contribution in [0.1, 0.15) is 20.8 Å². The average molecular weight is 328 g/mol. The van der Waals surface area contributed by atoms with E-state index in [1.165, 1.54) is 0 Å². The molecule has 1 heterocycles. The second-order valence-corrected chi connectivity index (χ2v) is 5.35. The van der Waals surface area contributed by atoms with E-state index in [0.29, 0.717) is 0 Å². The maximum Gasteiger partial charge on any atom is 0.339 e. The molecule has 0 fully saturated rings. The van der Waals surface area contributed by atoms with E-state index in [2.05, 4.69) is 5.32 Å². The van der Waals surface area contributed by atoms with Gasteiger partial charge in [-0.05, 0) is 12.8 Å². The fraction of sp³-hybridized carbons (Fsp3) is 0.571. The molecule has 9 heteroatoms. The molecule has 128 valence electrons. The van der Waals surface area contributed by atoms with Gasteiger partial charge in [0, 0.05) is 6.54 Å². The number of rotatable bonds is 8. The highest BCUT2D eigenvalue weighted by Crippen LogP contribution is 2.27. The molecule has 0 aromatic heterocycles. The molecular formula is C14H20N2O7. The van der Waals surface area contributed by atoms with Crippen molar-refractivity contribution in [2.75, 3.05) is 19.7 Å². The third-order valence-electron chi connectivity index (χ3n) is 3.04. The summed E-state index contributed by atoms with van der Waals surface area (Å²) in [6, 6.07) is -1.50. The van der Waals surface area contributed by atoms with Crippen molar-refractivity contribution in [1.82, 2.24) is 10.2 Å². The molecule has 1 rings (SSSR count). The Hall–Kier alpha value is -2.58. The first kappa shape index (κ1) is 18.5. The van der Waals surface area contributed by atoms with E-state index >= 15 is 0 Å². The van der Waals surface area contributed by atoms with E-state index < -0.39 is 36.4 Å². The van der Waals surface area contributed by atoms with Crippen LogP contribution in [0.5, 0.6) is 0 Å². The molecule has 0 aromatic rings. The number of carbonyl (C=O) groups excluding carboxylic acids is 2. The first-order valence-corrected chi connectivity index (χ1v) is 7.11. The van der Waals surface area contributed by atoms with Crippen LogP contribution >= 0.6 is 0 Å². The van der Waals surface area contributed by atoms with Crippen molar-refractivity contribution in [3.63, 3.8) is 0 Å². The van der Waals surface area contributed by atoms with Gasteiger partial charge in [0.05, 0.1) is 12.2 Å².